The van der Waals surface area contributed by atoms with E-state index in [0.717, 1.165) is 11.1 Å². The van der Waals surface area contributed by atoms with Crippen LogP contribution in [0.3, 0.4) is 0 Å². The van der Waals surface area contributed by atoms with Crippen LogP contribution in [0, 0.1) is 0 Å². The van der Waals surface area contributed by atoms with E-state index in [2.05, 4.69) is 20.0 Å². The highest BCUT2D eigenvalue weighted by Crippen LogP contribution is 2.16. The molecule has 0 amide bonds. The molecule has 27 heavy (non-hydrogen) atoms. The third-order valence-electron chi connectivity index (χ3n) is 3.62. The van der Waals surface area contributed by atoms with Crippen molar-refractivity contribution in [1.82, 2.24) is 15.2 Å². The van der Waals surface area contributed by atoms with E-state index < -0.39 is 6.61 Å². The van der Waals surface area contributed by atoms with Crippen molar-refractivity contribution in [2.45, 2.75) is 19.7 Å². The maximum atomic E-state index is 12.2. The first-order chi connectivity index (χ1) is 12.5. The number of guanidine groups is 1. The van der Waals surface area contributed by atoms with Gasteiger partial charge in [0.05, 0.1) is 7.11 Å². The summed E-state index contributed by atoms with van der Waals surface area (Å²) in [5.41, 5.74) is 1.86. The van der Waals surface area contributed by atoms with Crippen LogP contribution in [0.5, 0.6) is 11.6 Å². The average molecular weight is 492 g/mol. The van der Waals surface area contributed by atoms with E-state index in [1.807, 2.05) is 24.1 Å². The van der Waals surface area contributed by atoms with E-state index in [9.17, 15) is 8.78 Å². The second kappa shape index (κ2) is 11.5. The molecule has 1 aromatic carbocycles. The highest BCUT2D eigenvalue weighted by Gasteiger charge is 2.10. The number of hydrogen-bond donors (Lipinski definition) is 1. The third-order valence-corrected chi connectivity index (χ3v) is 3.62. The molecule has 0 spiro atoms. The minimum Gasteiger partial charge on any atom is -0.481 e. The van der Waals surface area contributed by atoms with Gasteiger partial charge in [0.2, 0.25) is 5.88 Å². The number of halogens is 3. The number of ether oxygens (including phenoxy) is 2. The topological polar surface area (TPSA) is 59.0 Å². The van der Waals surface area contributed by atoms with E-state index in [-0.39, 0.29) is 29.7 Å². The van der Waals surface area contributed by atoms with Crippen molar-refractivity contribution in [2.24, 2.45) is 4.99 Å². The second-order valence-corrected chi connectivity index (χ2v) is 5.45. The number of nitrogens with zero attached hydrogens (tertiary/aromatic N) is 3. The Bertz CT molecular complexity index is 730. The second-order valence-electron chi connectivity index (χ2n) is 5.45. The largest absolute Gasteiger partial charge is 0.481 e. The van der Waals surface area contributed by atoms with Gasteiger partial charge in [-0.1, -0.05) is 18.2 Å². The Balaban J connectivity index is 0.00000364. The number of nitrogens with one attached hydrogen (secondary N) is 1. The van der Waals surface area contributed by atoms with Crippen LogP contribution < -0.4 is 14.8 Å². The summed E-state index contributed by atoms with van der Waals surface area (Å²) >= 11 is 0. The van der Waals surface area contributed by atoms with Crippen molar-refractivity contribution < 1.29 is 18.3 Å². The number of pyridine rings is 1. The van der Waals surface area contributed by atoms with Crippen LogP contribution in [0.2, 0.25) is 0 Å². The molecule has 6 nitrogen and oxygen atoms in total. The molecule has 0 aliphatic carbocycles. The Morgan fingerprint density at radius 1 is 1.26 bits per heavy atom. The van der Waals surface area contributed by atoms with Crippen LogP contribution in [0.15, 0.2) is 47.6 Å². The van der Waals surface area contributed by atoms with Crippen LogP contribution in [0.25, 0.3) is 0 Å². The number of benzene rings is 1. The molecular weight excluding hydrogens is 469 g/mol. The van der Waals surface area contributed by atoms with Crippen molar-refractivity contribution in [3.8, 4) is 11.6 Å². The van der Waals surface area contributed by atoms with Crippen LogP contribution >= 0.6 is 24.0 Å². The Kier molecular flexibility index (Phi) is 9.76. The molecule has 2 rings (SSSR count). The quantitative estimate of drug-likeness (QED) is 0.364. The summed E-state index contributed by atoms with van der Waals surface area (Å²) < 4.78 is 34.0. The average Bonchev–Trinajstić information content (AvgIpc) is 2.63. The van der Waals surface area contributed by atoms with E-state index in [1.54, 1.807) is 32.5 Å². The molecular formula is C18H23F2IN4O2. The van der Waals surface area contributed by atoms with Gasteiger partial charge in [-0.3, -0.25) is 4.99 Å². The number of aromatic nitrogens is 1. The summed E-state index contributed by atoms with van der Waals surface area (Å²) in [6, 6.07) is 10.3. The van der Waals surface area contributed by atoms with Gasteiger partial charge in [0, 0.05) is 38.9 Å². The van der Waals surface area contributed by atoms with Gasteiger partial charge in [-0.05, 0) is 23.8 Å². The molecule has 148 valence electrons. The van der Waals surface area contributed by atoms with Crippen molar-refractivity contribution in [2.75, 3.05) is 21.2 Å². The van der Waals surface area contributed by atoms with Crippen LogP contribution in [0.1, 0.15) is 11.1 Å². The minimum atomic E-state index is -2.82. The fraction of sp³-hybridized carbons (Fsp3) is 0.333. The molecule has 0 bridgehead atoms. The van der Waals surface area contributed by atoms with Crippen LogP contribution in [0.4, 0.5) is 8.78 Å². The summed E-state index contributed by atoms with van der Waals surface area (Å²) in [4.78, 5) is 10.3. The summed E-state index contributed by atoms with van der Waals surface area (Å²) in [7, 11) is 5.16. The lowest BCUT2D eigenvalue weighted by atomic mass is 10.2. The molecule has 0 fully saturated rings. The first-order valence-electron chi connectivity index (χ1n) is 7.97. The maximum absolute atomic E-state index is 12.2. The fourth-order valence-electron chi connectivity index (χ4n) is 2.43. The highest BCUT2D eigenvalue weighted by atomic mass is 127. The fourth-order valence-corrected chi connectivity index (χ4v) is 2.43. The lowest BCUT2D eigenvalue weighted by Gasteiger charge is -2.22. The number of methoxy groups -OCH3 is 1. The number of rotatable bonds is 7. The Labute approximate surface area is 174 Å². The number of aliphatic imine (C=N–C) groups is 1. The summed E-state index contributed by atoms with van der Waals surface area (Å²) in [5, 5.41) is 3.25. The molecule has 2 aromatic rings. The number of alkyl halides is 2. The van der Waals surface area contributed by atoms with Gasteiger partial charge in [0.15, 0.2) is 5.96 Å². The van der Waals surface area contributed by atoms with Gasteiger partial charge >= 0.3 is 6.61 Å². The standard InChI is InChI=1S/C18H22F2N4O2.HI/c1-21-18(23-11-14-5-4-10-22-16(14)25-3)24(2)12-13-6-8-15(9-7-13)26-17(19)20;/h4-10,17H,11-12H2,1-3H3,(H,21,23);1H. The van der Waals surface area contributed by atoms with Crippen molar-refractivity contribution in [3.05, 3.63) is 53.7 Å². The van der Waals surface area contributed by atoms with Gasteiger partial charge in [0.1, 0.15) is 5.75 Å². The lowest BCUT2D eigenvalue weighted by molar-refractivity contribution is -0.0498. The van der Waals surface area contributed by atoms with Crippen molar-refractivity contribution >= 4 is 29.9 Å². The summed E-state index contributed by atoms with van der Waals surface area (Å²) in [6.07, 6.45) is 1.67. The predicted molar refractivity (Wildman–Crippen MR) is 111 cm³/mol. The summed E-state index contributed by atoms with van der Waals surface area (Å²) in [6.45, 7) is -1.76. The zero-order valence-corrected chi connectivity index (χ0v) is 17.7. The monoisotopic (exact) mass is 492 g/mol. The Morgan fingerprint density at radius 2 is 1.96 bits per heavy atom. The van der Waals surface area contributed by atoms with E-state index >= 15 is 0 Å². The molecule has 0 unspecified atom stereocenters. The molecule has 1 N–H and O–H groups in total. The molecule has 0 atom stereocenters. The van der Waals surface area contributed by atoms with E-state index in [4.69, 9.17) is 4.74 Å². The molecule has 0 aliphatic rings. The smallest absolute Gasteiger partial charge is 0.387 e. The molecule has 0 saturated heterocycles. The zero-order chi connectivity index (χ0) is 18.9. The van der Waals surface area contributed by atoms with Crippen LogP contribution in [-0.4, -0.2) is 43.7 Å². The highest BCUT2D eigenvalue weighted by molar-refractivity contribution is 14.0. The lowest BCUT2D eigenvalue weighted by Crippen LogP contribution is -2.38. The molecule has 1 aromatic heterocycles. The Hall–Kier alpha value is -2.17. The van der Waals surface area contributed by atoms with E-state index in [1.165, 1.54) is 12.1 Å². The van der Waals surface area contributed by atoms with Gasteiger partial charge in [-0.2, -0.15) is 8.78 Å². The van der Waals surface area contributed by atoms with Gasteiger partial charge in [-0.25, -0.2) is 4.98 Å². The molecule has 0 saturated carbocycles. The number of hydrogen-bond acceptors (Lipinski definition) is 4. The van der Waals surface area contributed by atoms with Crippen LogP contribution in [-0.2, 0) is 13.1 Å². The Morgan fingerprint density at radius 3 is 2.56 bits per heavy atom. The SMILES string of the molecule is CN=C(NCc1cccnc1OC)N(C)Cc1ccc(OC(F)F)cc1.I. The molecule has 9 heteroatoms. The molecule has 1 heterocycles. The first kappa shape index (κ1) is 22.9. The first-order valence-corrected chi connectivity index (χ1v) is 7.97. The maximum Gasteiger partial charge on any atom is 0.387 e. The summed E-state index contributed by atoms with van der Waals surface area (Å²) in [5.74, 6) is 1.38. The minimum absolute atomic E-state index is 0. The van der Waals surface area contributed by atoms with Gasteiger partial charge in [-0.15, -0.1) is 24.0 Å². The predicted octanol–water partition coefficient (Wildman–Crippen LogP) is 3.52. The molecule has 0 radical (unpaired) electrons. The third kappa shape index (κ3) is 7.16. The van der Waals surface area contributed by atoms with Gasteiger partial charge in [0.25, 0.3) is 0 Å². The van der Waals surface area contributed by atoms with Crippen molar-refractivity contribution in [1.29, 1.82) is 0 Å². The van der Waals surface area contributed by atoms with E-state index in [0.29, 0.717) is 24.9 Å². The zero-order valence-electron chi connectivity index (χ0n) is 15.4. The molecule has 0 aliphatic heterocycles. The normalized spacial score (nSPS) is 11.0. The van der Waals surface area contributed by atoms with Crippen molar-refractivity contribution in [3.63, 3.8) is 0 Å². The van der Waals surface area contributed by atoms with Gasteiger partial charge < -0.3 is 19.7 Å².